The Morgan fingerprint density at radius 1 is 1.19 bits per heavy atom. The fraction of sp³-hybridized carbons (Fsp3) is 0.478. The molecule has 0 radical (unpaired) electrons. The highest BCUT2D eigenvalue weighted by Crippen LogP contribution is 2.29. The molecule has 1 aliphatic heterocycles. The van der Waals surface area contributed by atoms with Crippen molar-refractivity contribution in [2.45, 2.75) is 31.6 Å². The van der Waals surface area contributed by atoms with E-state index < -0.39 is 10.0 Å². The summed E-state index contributed by atoms with van der Waals surface area (Å²) in [6.07, 6.45) is 4.43. The number of aromatic nitrogens is 1. The molecule has 174 valence electrons. The van der Waals surface area contributed by atoms with Crippen LogP contribution in [0, 0.1) is 19.8 Å². The average Bonchev–Trinajstić information content (AvgIpc) is 3.14. The van der Waals surface area contributed by atoms with E-state index in [0.717, 1.165) is 17.7 Å². The van der Waals surface area contributed by atoms with E-state index in [1.165, 1.54) is 4.31 Å². The van der Waals surface area contributed by atoms with Gasteiger partial charge in [0, 0.05) is 32.1 Å². The van der Waals surface area contributed by atoms with Crippen LogP contribution >= 0.6 is 0 Å². The van der Waals surface area contributed by atoms with Crippen molar-refractivity contribution in [3.8, 4) is 0 Å². The number of sulfonamides is 1. The van der Waals surface area contributed by atoms with Crippen molar-refractivity contribution in [3.63, 3.8) is 0 Å². The third-order valence-electron chi connectivity index (χ3n) is 5.62. The Kier molecular flexibility index (Phi) is 7.86. The van der Waals surface area contributed by atoms with Gasteiger partial charge >= 0.3 is 0 Å². The van der Waals surface area contributed by atoms with E-state index in [4.69, 9.17) is 4.52 Å². The Labute approximate surface area is 190 Å². The zero-order chi connectivity index (χ0) is 23.3. The molecular weight excluding hydrogens is 428 g/mol. The summed E-state index contributed by atoms with van der Waals surface area (Å²) in [6.45, 7) is 5.57. The van der Waals surface area contributed by atoms with Gasteiger partial charge < -0.3 is 14.7 Å². The number of hydrogen-bond donors (Lipinski definition) is 1. The topological polar surface area (TPSA) is 95.8 Å². The molecule has 1 amide bonds. The molecule has 0 atom stereocenters. The zero-order valence-corrected chi connectivity index (χ0v) is 20.0. The molecule has 2 aromatic rings. The molecule has 1 saturated heterocycles. The minimum atomic E-state index is -3.78. The van der Waals surface area contributed by atoms with Crippen molar-refractivity contribution >= 4 is 28.1 Å². The SMILES string of the molecule is Cc1ccc(C=Cc2onc(C)c2S(=O)(=O)N2CCC(C(=O)NCCN(C)C)CC2)cc1. The first-order chi connectivity index (χ1) is 15.2. The molecule has 0 bridgehead atoms. The molecule has 1 aromatic carbocycles. The number of aryl methyl sites for hydroxylation is 2. The second kappa shape index (κ2) is 10.4. The first-order valence-corrected chi connectivity index (χ1v) is 12.3. The van der Waals surface area contributed by atoms with Crippen molar-refractivity contribution in [1.82, 2.24) is 19.7 Å². The summed E-state index contributed by atoms with van der Waals surface area (Å²) in [5.41, 5.74) is 2.42. The third-order valence-corrected chi connectivity index (χ3v) is 7.68. The first kappa shape index (κ1) is 24.2. The van der Waals surface area contributed by atoms with Crippen LogP contribution in [0.1, 0.15) is 35.4 Å². The van der Waals surface area contributed by atoms with Crippen LogP contribution in [0.2, 0.25) is 0 Å². The molecule has 2 heterocycles. The lowest BCUT2D eigenvalue weighted by atomic mass is 9.97. The lowest BCUT2D eigenvalue weighted by Gasteiger charge is -2.30. The first-order valence-electron chi connectivity index (χ1n) is 10.8. The van der Waals surface area contributed by atoms with E-state index in [2.05, 4.69) is 10.5 Å². The monoisotopic (exact) mass is 460 g/mol. The number of likely N-dealkylation sites (N-methyl/N-ethyl adjacent to an activating group) is 1. The zero-order valence-electron chi connectivity index (χ0n) is 19.2. The molecule has 0 unspecified atom stereocenters. The van der Waals surface area contributed by atoms with Gasteiger partial charge in [-0.15, -0.1) is 0 Å². The number of amides is 1. The van der Waals surface area contributed by atoms with Crippen molar-refractivity contribution < 1.29 is 17.7 Å². The molecule has 1 N–H and O–H groups in total. The van der Waals surface area contributed by atoms with Gasteiger partial charge in [-0.1, -0.05) is 41.1 Å². The van der Waals surface area contributed by atoms with Gasteiger partial charge in [0.25, 0.3) is 0 Å². The Hall–Kier alpha value is -2.49. The van der Waals surface area contributed by atoms with Gasteiger partial charge in [0.2, 0.25) is 15.9 Å². The molecule has 32 heavy (non-hydrogen) atoms. The maximum absolute atomic E-state index is 13.4. The number of benzene rings is 1. The summed E-state index contributed by atoms with van der Waals surface area (Å²) < 4.78 is 33.5. The van der Waals surface area contributed by atoms with Gasteiger partial charge in [-0.3, -0.25) is 4.79 Å². The Bertz CT molecular complexity index is 1050. The Balaban J connectivity index is 1.68. The average molecular weight is 461 g/mol. The standard InChI is InChI=1S/C23H32N4O4S/c1-17-5-7-19(8-6-17)9-10-21-22(18(2)25-31-21)32(29,30)27-14-11-20(12-15-27)23(28)24-13-16-26(3)4/h5-10,20H,11-16H2,1-4H3,(H,24,28). The maximum atomic E-state index is 13.4. The summed E-state index contributed by atoms with van der Waals surface area (Å²) >= 11 is 0. The van der Waals surface area contributed by atoms with E-state index in [1.807, 2.05) is 56.3 Å². The van der Waals surface area contributed by atoms with Crippen molar-refractivity contribution in [2.24, 2.45) is 5.92 Å². The van der Waals surface area contributed by atoms with E-state index in [-0.39, 0.29) is 22.5 Å². The van der Waals surface area contributed by atoms with Crippen molar-refractivity contribution in [2.75, 3.05) is 40.3 Å². The third kappa shape index (κ3) is 5.85. The smallest absolute Gasteiger partial charge is 0.248 e. The van der Waals surface area contributed by atoms with Gasteiger partial charge in [-0.05, 0) is 52.4 Å². The largest absolute Gasteiger partial charge is 0.355 e. The van der Waals surface area contributed by atoms with Crippen LogP contribution in [0.4, 0.5) is 0 Å². The predicted octanol–water partition coefficient (Wildman–Crippen LogP) is 2.54. The minimum Gasteiger partial charge on any atom is -0.355 e. The fourth-order valence-electron chi connectivity index (χ4n) is 3.68. The maximum Gasteiger partial charge on any atom is 0.248 e. The molecule has 0 spiro atoms. The normalized spacial score (nSPS) is 16.2. The molecule has 8 nitrogen and oxygen atoms in total. The van der Waals surface area contributed by atoms with Crippen LogP contribution in [-0.4, -0.2) is 69.0 Å². The molecule has 0 aliphatic carbocycles. The number of nitrogens with zero attached hydrogens (tertiary/aromatic N) is 3. The molecule has 1 fully saturated rings. The number of carbonyl (C=O) groups excluding carboxylic acids is 1. The molecule has 1 aliphatic rings. The van der Waals surface area contributed by atoms with Crippen LogP contribution in [-0.2, 0) is 14.8 Å². The summed E-state index contributed by atoms with van der Waals surface area (Å²) in [6, 6.07) is 7.89. The van der Waals surface area contributed by atoms with Gasteiger partial charge in [-0.25, -0.2) is 8.42 Å². The van der Waals surface area contributed by atoms with E-state index in [9.17, 15) is 13.2 Å². The van der Waals surface area contributed by atoms with E-state index >= 15 is 0 Å². The highest BCUT2D eigenvalue weighted by atomic mass is 32.2. The number of hydrogen-bond acceptors (Lipinski definition) is 6. The number of piperidine rings is 1. The molecule has 3 rings (SSSR count). The highest BCUT2D eigenvalue weighted by Gasteiger charge is 2.35. The van der Waals surface area contributed by atoms with Gasteiger partial charge in [0.1, 0.15) is 5.69 Å². The summed E-state index contributed by atoms with van der Waals surface area (Å²) in [7, 11) is 0.121. The minimum absolute atomic E-state index is 0.00761. The molecule has 9 heteroatoms. The van der Waals surface area contributed by atoms with Crippen LogP contribution in [0.3, 0.4) is 0 Å². The van der Waals surface area contributed by atoms with Crippen molar-refractivity contribution in [3.05, 3.63) is 46.8 Å². The van der Waals surface area contributed by atoms with Gasteiger partial charge in [0.15, 0.2) is 10.7 Å². The Morgan fingerprint density at radius 3 is 2.47 bits per heavy atom. The van der Waals surface area contributed by atoms with Crippen LogP contribution in [0.25, 0.3) is 12.2 Å². The number of nitrogens with one attached hydrogen (secondary N) is 1. The summed E-state index contributed by atoms with van der Waals surface area (Å²) in [4.78, 5) is 14.5. The summed E-state index contributed by atoms with van der Waals surface area (Å²) in [5, 5.41) is 6.83. The van der Waals surface area contributed by atoms with Crippen molar-refractivity contribution in [1.29, 1.82) is 0 Å². The van der Waals surface area contributed by atoms with Gasteiger partial charge in [0.05, 0.1) is 0 Å². The number of carbonyl (C=O) groups is 1. The highest BCUT2D eigenvalue weighted by molar-refractivity contribution is 7.89. The lowest BCUT2D eigenvalue weighted by molar-refractivity contribution is -0.126. The molecule has 1 aromatic heterocycles. The van der Waals surface area contributed by atoms with Crippen LogP contribution < -0.4 is 5.32 Å². The quantitative estimate of drug-likeness (QED) is 0.650. The van der Waals surface area contributed by atoms with E-state index in [0.29, 0.717) is 38.2 Å². The Morgan fingerprint density at radius 2 is 1.84 bits per heavy atom. The van der Waals surface area contributed by atoms with Crippen LogP contribution in [0.5, 0.6) is 0 Å². The molecule has 0 saturated carbocycles. The number of rotatable bonds is 8. The lowest BCUT2D eigenvalue weighted by Crippen LogP contribution is -2.44. The molecular formula is C23H32N4O4S. The second-order valence-electron chi connectivity index (χ2n) is 8.48. The van der Waals surface area contributed by atoms with Crippen LogP contribution in [0.15, 0.2) is 33.7 Å². The van der Waals surface area contributed by atoms with E-state index in [1.54, 1.807) is 13.0 Å². The predicted molar refractivity (Wildman–Crippen MR) is 124 cm³/mol. The van der Waals surface area contributed by atoms with Gasteiger partial charge in [-0.2, -0.15) is 4.31 Å². The summed E-state index contributed by atoms with van der Waals surface area (Å²) in [5.74, 6) is 0.0338. The second-order valence-corrected chi connectivity index (χ2v) is 10.4. The fourth-order valence-corrected chi connectivity index (χ4v) is 5.40.